The average molecular weight is 555 g/mol. The molecule has 6 aromatic rings. The van der Waals surface area contributed by atoms with Crippen molar-refractivity contribution in [2.75, 3.05) is 0 Å². The summed E-state index contributed by atoms with van der Waals surface area (Å²) in [5.41, 5.74) is 19.1. The number of fused-ring (bicyclic) bond motifs is 1. The quantitative estimate of drug-likeness (QED) is 0.215. The highest BCUT2D eigenvalue weighted by molar-refractivity contribution is 5.91. The molecule has 6 aromatic carbocycles. The van der Waals surface area contributed by atoms with Crippen LogP contribution in [0.15, 0.2) is 158 Å². The zero-order chi connectivity index (χ0) is 29.2. The number of hydrogen-bond acceptors (Lipinski definition) is 2. The lowest BCUT2D eigenvalue weighted by Crippen LogP contribution is -2.39. The molecule has 43 heavy (non-hydrogen) atoms. The van der Waals surface area contributed by atoms with Crippen molar-refractivity contribution in [2.24, 2.45) is 5.73 Å². The number of nitrogens with one attached hydrogen (secondary N) is 1. The fourth-order valence-electron chi connectivity index (χ4n) is 6.21. The van der Waals surface area contributed by atoms with Crippen molar-refractivity contribution in [3.63, 3.8) is 0 Å². The number of nitrogens with two attached hydrogens (primary N) is 1. The maximum Gasteiger partial charge on any atom is 0.0707 e. The van der Waals surface area contributed by atoms with Gasteiger partial charge in [-0.1, -0.05) is 146 Å². The Morgan fingerprint density at radius 2 is 1.00 bits per heavy atom. The van der Waals surface area contributed by atoms with Gasteiger partial charge in [-0.15, -0.1) is 0 Å². The molecule has 0 aliphatic carbocycles. The first-order valence-corrected chi connectivity index (χ1v) is 14.9. The number of allylic oxidation sites excluding steroid dienone is 2. The van der Waals surface area contributed by atoms with E-state index in [2.05, 4.69) is 170 Å². The number of benzene rings is 6. The van der Waals surface area contributed by atoms with Crippen molar-refractivity contribution >= 4 is 21.9 Å². The molecule has 2 nitrogen and oxygen atoms in total. The van der Waals surface area contributed by atoms with Gasteiger partial charge in [0.1, 0.15) is 0 Å². The Labute approximate surface area is 253 Å². The van der Waals surface area contributed by atoms with E-state index < -0.39 is 0 Å². The first kappa shape index (κ1) is 26.7. The minimum Gasteiger partial charge on any atom is -0.382 e. The SMILES string of the molecule is Cc1ccc(C(N)[C@@H]2NC=C(c3ccc(-c4ccccc4)cc3)C=C2c2ccc(-c3ccccc3)cc2)c2ccccc12. The normalized spacial score (nSPS) is 15.3. The van der Waals surface area contributed by atoms with Gasteiger partial charge in [-0.05, 0) is 79.4 Å². The predicted octanol–water partition coefficient (Wildman–Crippen LogP) is 9.58. The third kappa shape index (κ3) is 5.30. The van der Waals surface area contributed by atoms with Crippen LogP contribution in [0.25, 0.3) is 44.2 Å². The zero-order valence-corrected chi connectivity index (χ0v) is 24.2. The van der Waals surface area contributed by atoms with E-state index in [4.69, 9.17) is 5.73 Å². The molecule has 0 saturated heterocycles. The van der Waals surface area contributed by atoms with Crippen LogP contribution < -0.4 is 11.1 Å². The van der Waals surface area contributed by atoms with Crippen molar-refractivity contribution in [3.05, 3.63) is 180 Å². The minimum absolute atomic E-state index is 0.0963. The van der Waals surface area contributed by atoms with Crippen molar-refractivity contribution in [3.8, 4) is 22.3 Å². The predicted molar refractivity (Wildman–Crippen MR) is 182 cm³/mol. The summed E-state index contributed by atoms with van der Waals surface area (Å²) in [5, 5.41) is 6.19. The molecule has 0 amide bonds. The van der Waals surface area contributed by atoms with Crippen LogP contribution in [0, 0.1) is 6.92 Å². The van der Waals surface area contributed by atoms with Crippen molar-refractivity contribution in [1.82, 2.24) is 5.32 Å². The first-order chi connectivity index (χ1) is 21.2. The molecule has 208 valence electrons. The lowest BCUT2D eigenvalue weighted by atomic mass is 9.83. The molecule has 2 atom stereocenters. The van der Waals surface area contributed by atoms with Crippen LogP contribution in [0.1, 0.15) is 28.3 Å². The molecule has 0 spiro atoms. The molecule has 1 aliphatic rings. The molecule has 2 heteroatoms. The summed E-state index contributed by atoms with van der Waals surface area (Å²) in [7, 11) is 0. The maximum atomic E-state index is 7.17. The summed E-state index contributed by atoms with van der Waals surface area (Å²) >= 11 is 0. The van der Waals surface area contributed by atoms with Gasteiger partial charge in [0.25, 0.3) is 0 Å². The van der Waals surface area contributed by atoms with Crippen LogP contribution in [0.3, 0.4) is 0 Å². The number of aryl methyl sites for hydroxylation is 1. The van der Waals surface area contributed by atoms with Gasteiger partial charge in [-0.3, -0.25) is 0 Å². The first-order valence-electron chi connectivity index (χ1n) is 14.9. The highest BCUT2D eigenvalue weighted by Gasteiger charge is 2.28. The zero-order valence-electron chi connectivity index (χ0n) is 24.2. The van der Waals surface area contributed by atoms with Crippen LogP contribution >= 0.6 is 0 Å². The van der Waals surface area contributed by atoms with Gasteiger partial charge in [-0.2, -0.15) is 0 Å². The summed E-state index contributed by atoms with van der Waals surface area (Å²) < 4.78 is 0. The van der Waals surface area contributed by atoms with Gasteiger partial charge >= 0.3 is 0 Å². The highest BCUT2D eigenvalue weighted by atomic mass is 14.9. The molecule has 3 N–H and O–H groups in total. The fraction of sp³-hybridized carbons (Fsp3) is 0.0732. The molecular formula is C41H34N2. The number of rotatable bonds is 6. The maximum absolute atomic E-state index is 7.17. The highest BCUT2D eigenvalue weighted by Crippen LogP contribution is 2.37. The Hall–Kier alpha value is -5.18. The van der Waals surface area contributed by atoms with Gasteiger partial charge in [-0.25, -0.2) is 0 Å². The van der Waals surface area contributed by atoms with Crippen molar-refractivity contribution < 1.29 is 0 Å². The molecule has 0 bridgehead atoms. The van der Waals surface area contributed by atoms with Gasteiger partial charge in [0.05, 0.1) is 12.1 Å². The second-order valence-electron chi connectivity index (χ2n) is 11.3. The third-order valence-corrected chi connectivity index (χ3v) is 8.61. The molecule has 1 unspecified atom stereocenters. The Morgan fingerprint density at radius 3 is 1.60 bits per heavy atom. The summed E-state index contributed by atoms with van der Waals surface area (Å²) in [5.74, 6) is 0. The summed E-state index contributed by atoms with van der Waals surface area (Å²) in [6.07, 6.45) is 4.44. The topological polar surface area (TPSA) is 38.0 Å². The molecule has 0 fully saturated rings. The van der Waals surface area contributed by atoms with Crippen LogP contribution in [0.4, 0.5) is 0 Å². The standard InChI is InChI=1S/C41H34N2/c1-28-16-25-38(37-15-9-8-14-36(28)37)40(42)41-39(34-23-21-32(22-24-34)30-12-6-3-7-13-30)26-35(27-43-41)33-19-17-31(18-20-33)29-10-4-2-5-11-29/h2-27,40-41,43H,42H2,1H3/t40?,41-/m1/s1. The van der Waals surface area contributed by atoms with E-state index in [1.165, 1.54) is 49.7 Å². The Balaban J connectivity index is 1.28. The van der Waals surface area contributed by atoms with Crippen LogP contribution in [-0.2, 0) is 0 Å². The molecule has 0 saturated carbocycles. The van der Waals surface area contributed by atoms with E-state index in [-0.39, 0.29) is 12.1 Å². The summed E-state index contributed by atoms with van der Waals surface area (Å²) in [6, 6.07) is 51.3. The van der Waals surface area contributed by atoms with Crippen LogP contribution in [-0.4, -0.2) is 6.04 Å². The van der Waals surface area contributed by atoms with Crippen molar-refractivity contribution in [1.29, 1.82) is 0 Å². The van der Waals surface area contributed by atoms with E-state index in [0.29, 0.717) is 0 Å². The van der Waals surface area contributed by atoms with E-state index in [9.17, 15) is 0 Å². The van der Waals surface area contributed by atoms with Gasteiger partial charge in [0.2, 0.25) is 0 Å². The average Bonchev–Trinajstić information content (AvgIpc) is 3.09. The van der Waals surface area contributed by atoms with E-state index in [1.54, 1.807) is 0 Å². The molecule has 0 aromatic heterocycles. The second kappa shape index (κ2) is 11.6. The largest absolute Gasteiger partial charge is 0.382 e. The lowest BCUT2D eigenvalue weighted by Gasteiger charge is -2.32. The van der Waals surface area contributed by atoms with E-state index in [1.807, 2.05) is 0 Å². The molecule has 1 aliphatic heterocycles. The molecular weight excluding hydrogens is 520 g/mol. The smallest absolute Gasteiger partial charge is 0.0707 e. The summed E-state index contributed by atoms with van der Waals surface area (Å²) in [6.45, 7) is 2.16. The van der Waals surface area contributed by atoms with Crippen molar-refractivity contribution in [2.45, 2.75) is 19.0 Å². The number of hydrogen-bond donors (Lipinski definition) is 2. The molecule has 1 heterocycles. The fourth-order valence-corrected chi connectivity index (χ4v) is 6.21. The number of dihydropyridines is 1. The minimum atomic E-state index is -0.246. The van der Waals surface area contributed by atoms with Gasteiger partial charge < -0.3 is 11.1 Å². The van der Waals surface area contributed by atoms with E-state index >= 15 is 0 Å². The molecule has 0 radical (unpaired) electrons. The van der Waals surface area contributed by atoms with Gasteiger partial charge in [0, 0.05) is 6.20 Å². The summed E-state index contributed by atoms with van der Waals surface area (Å²) in [4.78, 5) is 0. The van der Waals surface area contributed by atoms with E-state index in [0.717, 1.165) is 16.7 Å². The molecule has 7 rings (SSSR count). The monoisotopic (exact) mass is 554 g/mol. The Kier molecular flexibility index (Phi) is 7.20. The van der Waals surface area contributed by atoms with Gasteiger partial charge in [0.15, 0.2) is 0 Å². The third-order valence-electron chi connectivity index (χ3n) is 8.61. The Bertz CT molecular complexity index is 1930. The second-order valence-corrected chi connectivity index (χ2v) is 11.3. The Morgan fingerprint density at radius 1 is 0.512 bits per heavy atom. The van der Waals surface area contributed by atoms with Crippen LogP contribution in [0.2, 0.25) is 0 Å². The van der Waals surface area contributed by atoms with Crippen LogP contribution in [0.5, 0.6) is 0 Å². The lowest BCUT2D eigenvalue weighted by molar-refractivity contribution is 0.583.